The van der Waals surface area contributed by atoms with Gasteiger partial charge < -0.3 is 10.2 Å². The van der Waals surface area contributed by atoms with Crippen molar-refractivity contribution in [1.82, 2.24) is 4.90 Å². The minimum atomic E-state index is -3.53. The van der Waals surface area contributed by atoms with Crippen molar-refractivity contribution in [3.63, 3.8) is 0 Å². The molecule has 8 heteroatoms. The number of amides is 1. The number of aryl methyl sites for hydroxylation is 1. The molecular formula is C15H14ClN3O3S. The van der Waals surface area contributed by atoms with E-state index in [4.69, 9.17) is 11.6 Å². The number of benzene rings is 1. The predicted molar refractivity (Wildman–Crippen MR) is 90.0 cm³/mol. The molecule has 0 aromatic heterocycles. The van der Waals surface area contributed by atoms with Crippen LogP contribution in [0.4, 0.5) is 5.69 Å². The van der Waals surface area contributed by atoms with Gasteiger partial charge in [-0.1, -0.05) is 17.7 Å². The zero-order valence-corrected chi connectivity index (χ0v) is 13.9. The second kappa shape index (κ2) is 5.82. The first-order chi connectivity index (χ1) is 10.9. The first-order valence-electron chi connectivity index (χ1n) is 6.91. The van der Waals surface area contributed by atoms with Gasteiger partial charge in [-0.2, -0.15) is 0 Å². The largest absolute Gasteiger partial charge is 0.331 e. The number of halogens is 1. The summed E-state index contributed by atoms with van der Waals surface area (Å²) in [5.74, 6) is -0.354. The molecule has 1 aromatic rings. The maximum absolute atomic E-state index is 12.5. The average molecular weight is 352 g/mol. The third-order valence-electron chi connectivity index (χ3n) is 3.53. The number of amidine groups is 1. The molecule has 0 saturated heterocycles. The van der Waals surface area contributed by atoms with E-state index in [2.05, 4.69) is 9.71 Å². The van der Waals surface area contributed by atoms with Gasteiger partial charge in [-0.3, -0.25) is 4.79 Å². The smallest absolute Gasteiger partial charge is 0.259 e. The van der Waals surface area contributed by atoms with E-state index in [1.54, 1.807) is 41.5 Å². The number of nitrogens with one attached hydrogen (secondary N) is 1. The Morgan fingerprint density at radius 3 is 2.91 bits per heavy atom. The first-order valence-corrected chi connectivity index (χ1v) is 8.90. The summed E-state index contributed by atoms with van der Waals surface area (Å²) in [5.41, 5.74) is 1.64. The molecule has 3 rings (SSSR count). The van der Waals surface area contributed by atoms with E-state index in [-0.39, 0.29) is 23.7 Å². The number of sulfonamides is 1. The predicted octanol–water partition coefficient (Wildman–Crippen LogP) is 2.08. The van der Waals surface area contributed by atoms with Crippen molar-refractivity contribution in [2.24, 2.45) is 4.40 Å². The fourth-order valence-corrected chi connectivity index (χ4v) is 3.43. The van der Waals surface area contributed by atoms with E-state index in [0.29, 0.717) is 10.7 Å². The van der Waals surface area contributed by atoms with Crippen LogP contribution in [0, 0.1) is 6.92 Å². The third-order valence-corrected chi connectivity index (χ3v) is 5.09. The maximum atomic E-state index is 12.5. The van der Waals surface area contributed by atoms with Gasteiger partial charge in [0.25, 0.3) is 15.9 Å². The lowest BCUT2D eigenvalue weighted by atomic mass is 10.1. The molecule has 0 aliphatic carbocycles. The SMILES string of the molecule is Cc1ccc(NC(=O)C2=CC=CN3CCS(=O)(=O)N=C23)cc1Cl. The number of anilines is 1. The topological polar surface area (TPSA) is 78.8 Å². The van der Waals surface area contributed by atoms with Crippen LogP contribution in [0.3, 0.4) is 0 Å². The zero-order chi connectivity index (χ0) is 16.6. The van der Waals surface area contributed by atoms with Crippen molar-refractivity contribution in [2.75, 3.05) is 17.6 Å². The molecule has 0 saturated carbocycles. The molecule has 1 amide bonds. The third kappa shape index (κ3) is 3.30. The Labute approximate surface area is 139 Å². The van der Waals surface area contributed by atoms with Crippen molar-refractivity contribution in [1.29, 1.82) is 0 Å². The standard InChI is InChI=1S/C15H14ClN3O3S/c1-10-4-5-11(9-13(10)16)17-15(20)12-3-2-6-19-7-8-23(21,22)18-14(12)19/h2-6,9H,7-8H2,1H3,(H,17,20). The molecule has 0 fully saturated rings. The quantitative estimate of drug-likeness (QED) is 0.884. The molecule has 2 heterocycles. The highest BCUT2D eigenvalue weighted by Gasteiger charge is 2.29. The number of hydrogen-bond acceptors (Lipinski definition) is 4. The Balaban J connectivity index is 1.89. The van der Waals surface area contributed by atoms with Crippen LogP contribution in [0.1, 0.15) is 5.56 Å². The van der Waals surface area contributed by atoms with E-state index in [0.717, 1.165) is 5.56 Å². The molecule has 1 N–H and O–H groups in total. The van der Waals surface area contributed by atoms with Crippen molar-refractivity contribution >= 4 is 39.1 Å². The lowest BCUT2D eigenvalue weighted by Crippen LogP contribution is -2.40. The molecular weight excluding hydrogens is 338 g/mol. The second-order valence-electron chi connectivity index (χ2n) is 5.23. The summed E-state index contributed by atoms with van der Waals surface area (Å²) in [4.78, 5) is 14.1. The van der Waals surface area contributed by atoms with Gasteiger partial charge in [0.2, 0.25) is 0 Å². The fourth-order valence-electron chi connectivity index (χ4n) is 2.26. The van der Waals surface area contributed by atoms with Gasteiger partial charge in [-0.05, 0) is 36.8 Å². The zero-order valence-electron chi connectivity index (χ0n) is 12.3. The summed E-state index contributed by atoms with van der Waals surface area (Å²) in [5, 5.41) is 3.25. The highest BCUT2D eigenvalue weighted by Crippen LogP contribution is 2.22. The van der Waals surface area contributed by atoms with Crippen molar-refractivity contribution in [2.45, 2.75) is 6.92 Å². The number of rotatable bonds is 2. The van der Waals surface area contributed by atoms with E-state index < -0.39 is 15.9 Å². The van der Waals surface area contributed by atoms with Gasteiger partial charge in [0.15, 0.2) is 5.84 Å². The molecule has 2 aliphatic rings. The molecule has 0 spiro atoms. The summed E-state index contributed by atoms with van der Waals surface area (Å²) in [7, 11) is -3.53. The van der Waals surface area contributed by atoms with Crippen LogP contribution in [0.25, 0.3) is 0 Å². The average Bonchev–Trinajstić information content (AvgIpc) is 2.49. The lowest BCUT2D eigenvalue weighted by molar-refractivity contribution is -0.112. The summed E-state index contributed by atoms with van der Waals surface area (Å²) in [6, 6.07) is 5.17. The van der Waals surface area contributed by atoms with Crippen LogP contribution in [0.15, 0.2) is 46.5 Å². The van der Waals surface area contributed by atoms with E-state index >= 15 is 0 Å². The number of allylic oxidation sites excluding steroid dienone is 2. The van der Waals surface area contributed by atoms with Crippen LogP contribution in [-0.2, 0) is 14.8 Å². The Hall–Kier alpha value is -2.12. The highest BCUT2D eigenvalue weighted by molar-refractivity contribution is 7.90. The molecule has 6 nitrogen and oxygen atoms in total. The molecule has 0 radical (unpaired) electrons. The summed E-state index contributed by atoms with van der Waals surface area (Å²) < 4.78 is 27.1. The lowest BCUT2D eigenvalue weighted by Gasteiger charge is -2.28. The Morgan fingerprint density at radius 1 is 1.39 bits per heavy atom. The Morgan fingerprint density at radius 2 is 2.17 bits per heavy atom. The summed E-state index contributed by atoms with van der Waals surface area (Å²) >= 11 is 6.04. The number of nitrogens with zero attached hydrogens (tertiary/aromatic N) is 2. The van der Waals surface area contributed by atoms with Gasteiger partial charge in [0.1, 0.15) is 0 Å². The molecule has 120 valence electrons. The van der Waals surface area contributed by atoms with E-state index in [1.807, 2.05) is 6.92 Å². The van der Waals surface area contributed by atoms with Gasteiger partial charge >= 0.3 is 0 Å². The van der Waals surface area contributed by atoms with E-state index in [1.165, 1.54) is 0 Å². The van der Waals surface area contributed by atoms with Gasteiger partial charge in [-0.15, -0.1) is 4.40 Å². The number of fused-ring (bicyclic) bond motifs is 1. The number of carbonyl (C=O) groups excluding carboxylic acids is 1. The molecule has 2 aliphatic heterocycles. The summed E-state index contributed by atoms with van der Waals surface area (Å²) in [6.45, 7) is 2.14. The van der Waals surface area contributed by atoms with Gasteiger partial charge in [-0.25, -0.2) is 8.42 Å². The fraction of sp³-hybridized carbons (Fsp3) is 0.200. The Bertz CT molecular complexity index is 872. The van der Waals surface area contributed by atoms with Crippen LogP contribution in [-0.4, -0.2) is 37.4 Å². The van der Waals surface area contributed by atoms with Crippen LogP contribution in [0.5, 0.6) is 0 Å². The van der Waals surface area contributed by atoms with E-state index in [9.17, 15) is 13.2 Å². The first kappa shape index (κ1) is 15.8. The van der Waals surface area contributed by atoms with Crippen LogP contribution < -0.4 is 5.32 Å². The van der Waals surface area contributed by atoms with Crippen LogP contribution in [0.2, 0.25) is 5.02 Å². The molecule has 1 aromatic carbocycles. The number of carbonyl (C=O) groups is 1. The normalized spacial score (nSPS) is 18.8. The molecule has 0 unspecified atom stereocenters. The monoisotopic (exact) mass is 351 g/mol. The molecule has 23 heavy (non-hydrogen) atoms. The van der Waals surface area contributed by atoms with Crippen molar-refractivity contribution < 1.29 is 13.2 Å². The minimum absolute atomic E-state index is 0.0662. The summed E-state index contributed by atoms with van der Waals surface area (Å²) in [6.07, 6.45) is 4.93. The molecule has 0 atom stereocenters. The van der Waals surface area contributed by atoms with Crippen molar-refractivity contribution in [3.8, 4) is 0 Å². The Kier molecular flexibility index (Phi) is 3.99. The second-order valence-corrected chi connectivity index (χ2v) is 7.40. The van der Waals surface area contributed by atoms with Gasteiger partial charge in [0.05, 0.1) is 11.3 Å². The van der Waals surface area contributed by atoms with Crippen LogP contribution >= 0.6 is 11.6 Å². The molecule has 0 bridgehead atoms. The van der Waals surface area contributed by atoms with Gasteiger partial charge in [0, 0.05) is 23.5 Å². The highest BCUT2D eigenvalue weighted by atomic mass is 35.5. The maximum Gasteiger partial charge on any atom is 0.259 e. The number of hydrogen-bond donors (Lipinski definition) is 1. The minimum Gasteiger partial charge on any atom is -0.331 e. The van der Waals surface area contributed by atoms with Crippen molar-refractivity contribution in [3.05, 3.63) is 52.7 Å².